The molecule has 0 radical (unpaired) electrons. The van der Waals surface area contributed by atoms with Crippen LogP contribution >= 0.6 is 0 Å². The largest absolute Gasteiger partial charge is 0.300 e. The second-order valence-corrected chi connectivity index (χ2v) is 4.26. The second-order valence-electron chi connectivity index (χ2n) is 4.26. The van der Waals surface area contributed by atoms with Gasteiger partial charge in [0.15, 0.2) is 0 Å². The lowest BCUT2D eigenvalue weighted by Gasteiger charge is -1.97. The van der Waals surface area contributed by atoms with Gasteiger partial charge < -0.3 is 0 Å². The highest BCUT2D eigenvalue weighted by atomic mass is 16.1. The van der Waals surface area contributed by atoms with E-state index in [0.29, 0.717) is 18.6 Å². The first-order valence-electron chi connectivity index (χ1n) is 6.50. The number of aliphatic imine (C=N–C) groups is 1. The predicted octanol–water partition coefficient (Wildman–Crippen LogP) is 3.81. The van der Waals surface area contributed by atoms with E-state index in [9.17, 15) is 4.79 Å². The molecule has 0 bridgehead atoms. The maximum atomic E-state index is 11.1. The molecule has 1 atom stereocenters. The number of hydrogen-bond donors (Lipinski definition) is 0. The predicted molar refractivity (Wildman–Crippen MR) is 78.0 cm³/mol. The minimum Gasteiger partial charge on any atom is -0.300 e. The lowest BCUT2D eigenvalue weighted by Crippen LogP contribution is -1.96. The van der Waals surface area contributed by atoms with Crippen molar-refractivity contribution < 1.29 is 4.79 Å². The summed E-state index contributed by atoms with van der Waals surface area (Å²) in [6.07, 6.45) is 18.1. The summed E-state index contributed by atoms with van der Waals surface area (Å²) in [5.74, 6) is 0.319. The lowest BCUT2D eigenvalue weighted by atomic mass is 10.2. The first-order valence-corrected chi connectivity index (χ1v) is 6.50. The van der Waals surface area contributed by atoms with Gasteiger partial charge in [0, 0.05) is 12.8 Å². The Morgan fingerprint density at radius 1 is 1.39 bits per heavy atom. The van der Waals surface area contributed by atoms with Crippen LogP contribution in [-0.2, 0) is 4.79 Å². The Morgan fingerprint density at radius 2 is 2.22 bits per heavy atom. The van der Waals surface area contributed by atoms with Gasteiger partial charge in [-0.15, -0.1) is 0 Å². The summed E-state index contributed by atoms with van der Waals surface area (Å²) in [6, 6.07) is 0.228. The molecule has 18 heavy (non-hydrogen) atoms. The number of ketones is 1. The van der Waals surface area contributed by atoms with E-state index in [0.717, 1.165) is 12.1 Å². The normalized spacial score (nSPS) is 19.4. The highest BCUT2D eigenvalue weighted by Gasteiger charge is 1.96. The highest BCUT2D eigenvalue weighted by Crippen LogP contribution is 2.01. The number of nitrogens with zero attached hydrogens (tertiary/aromatic N) is 1. The zero-order chi connectivity index (χ0) is 13.2. The maximum Gasteiger partial charge on any atom is 0.132 e. The lowest BCUT2D eigenvalue weighted by molar-refractivity contribution is -0.118. The van der Waals surface area contributed by atoms with Crippen molar-refractivity contribution in [3.05, 3.63) is 48.6 Å². The van der Waals surface area contributed by atoms with Crippen molar-refractivity contribution >= 4 is 11.5 Å². The van der Waals surface area contributed by atoms with E-state index in [1.807, 2.05) is 49.5 Å². The number of rotatable bonds is 6. The van der Waals surface area contributed by atoms with Crippen LogP contribution in [0.2, 0.25) is 0 Å². The third kappa shape index (κ3) is 6.14. The van der Waals surface area contributed by atoms with E-state index in [2.05, 4.69) is 18.0 Å². The zero-order valence-electron chi connectivity index (χ0n) is 11.2. The first kappa shape index (κ1) is 14.4. The first-order chi connectivity index (χ1) is 8.72. The fraction of sp³-hybridized carbons (Fsp3) is 0.375. The zero-order valence-corrected chi connectivity index (χ0v) is 11.2. The molecule has 0 fully saturated rings. The van der Waals surface area contributed by atoms with Crippen LogP contribution in [0.1, 0.15) is 33.1 Å². The van der Waals surface area contributed by atoms with Crippen molar-refractivity contribution in [2.75, 3.05) is 0 Å². The van der Waals surface area contributed by atoms with Gasteiger partial charge in [0.1, 0.15) is 5.78 Å². The summed E-state index contributed by atoms with van der Waals surface area (Å²) >= 11 is 0. The Balaban J connectivity index is 2.36. The van der Waals surface area contributed by atoms with E-state index in [1.165, 1.54) is 0 Å². The van der Waals surface area contributed by atoms with Gasteiger partial charge in [0.2, 0.25) is 0 Å². The van der Waals surface area contributed by atoms with Gasteiger partial charge in [0.05, 0.1) is 11.8 Å². The summed E-state index contributed by atoms with van der Waals surface area (Å²) in [5, 5.41) is 0. The molecule has 0 spiro atoms. The maximum absolute atomic E-state index is 11.1. The molecule has 0 aromatic heterocycles. The third-order valence-corrected chi connectivity index (χ3v) is 2.62. The molecule has 0 aromatic carbocycles. The Bertz CT molecular complexity index is 411. The molecule has 0 saturated carbocycles. The van der Waals surface area contributed by atoms with E-state index in [1.54, 1.807) is 0 Å². The summed E-state index contributed by atoms with van der Waals surface area (Å²) in [7, 11) is 0. The minimum absolute atomic E-state index is 0.228. The molecule has 96 valence electrons. The summed E-state index contributed by atoms with van der Waals surface area (Å²) in [6.45, 7) is 3.96. The fourth-order valence-corrected chi connectivity index (χ4v) is 1.55. The average Bonchev–Trinajstić information content (AvgIpc) is 2.57. The number of carbonyl (C=O) groups excluding carboxylic acids is 1. The van der Waals surface area contributed by atoms with Crippen LogP contribution in [0.15, 0.2) is 53.6 Å². The van der Waals surface area contributed by atoms with Crippen molar-refractivity contribution in [3.8, 4) is 0 Å². The van der Waals surface area contributed by atoms with E-state index < -0.39 is 0 Å². The van der Waals surface area contributed by atoms with Crippen LogP contribution in [0.4, 0.5) is 0 Å². The minimum atomic E-state index is 0.228. The van der Waals surface area contributed by atoms with Crippen LogP contribution in [-0.4, -0.2) is 17.5 Å². The Kier molecular flexibility index (Phi) is 6.70. The van der Waals surface area contributed by atoms with Crippen LogP contribution < -0.4 is 0 Å². The van der Waals surface area contributed by atoms with Crippen LogP contribution in [0.3, 0.4) is 0 Å². The molecule has 2 nitrogen and oxygen atoms in total. The summed E-state index contributed by atoms with van der Waals surface area (Å²) in [4.78, 5) is 15.6. The molecule has 0 amide bonds. The van der Waals surface area contributed by atoms with Crippen LogP contribution in [0, 0.1) is 0 Å². The van der Waals surface area contributed by atoms with Gasteiger partial charge >= 0.3 is 0 Å². The Morgan fingerprint density at radius 3 is 3.00 bits per heavy atom. The molecule has 0 aliphatic carbocycles. The smallest absolute Gasteiger partial charge is 0.132 e. The van der Waals surface area contributed by atoms with E-state index >= 15 is 0 Å². The molecule has 0 unspecified atom stereocenters. The summed E-state index contributed by atoms with van der Waals surface area (Å²) < 4.78 is 0. The summed E-state index contributed by atoms with van der Waals surface area (Å²) in [5.41, 5.74) is 0.974. The van der Waals surface area contributed by atoms with Crippen LogP contribution in [0.5, 0.6) is 0 Å². The molecule has 2 heteroatoms. The molecule has 1 aliphatic heterocycles. The van der Waals surface area contributed by atoms with Gasteiger partial charge in [0.25, 0.3) is 0 Å². The van der Waals surface area contributed by atoms with Crippen LogP contribution in [0.25, 0.3) is 0 Å². The van der Waals surface area contributed by atoms with E-state index in [4.69, 9.17) is 0 Å². The van der Waals surface area contributed by atoms with Gasteiger partial charge in [-0.05, 0) is 25.5 Å². The monoisotopic (exact) mass is 243 g/mol. The molecule has 0 aromatic rings. The van der Waals surface area contributed by atoms with Gasteiger partial charge in [-0.2, -0.15) is 0 Å². The molecular formula is C16H21NO. The standard InChI is InChI=1S/C16H21NO/c1-3-16(18)13-7-5-4-6-11-15-12-9-8-10-14(2)17-15/h4-6,8-12,14H,3,7,13H2,1-2H3/b5-4+,11-6+/t14-/m0/s1. The second kappa shape index (κ2) is 8.40. The van der Waals surface area contributed by atoms with Gasteiger partial charge in [-0.1, -0.05) is 43.4 Å². The average molecular weight is 243 g/mol. The highest BCUT2D eigenvalue weighted by molar-refractivity contribution is 6.04. The molecule has 0 saturated heterocycles. The topological polar surface area (TPSA) is 29.4 Å². The Labute approximate surface area is 110 Å². The van der Waals surface area contributed by atoms with Gasteiger partial charge in [-0.25, -0.2) is 0 Å². The third-order valence-electron chi connectivity index (χ3n) is 2.62. The molecule has 1 rings (SSSR count). The quantitative estimate of drug-likeness (QED) is 0.652. The SMILES string of the molecule is CCC(=O)CC/C=C/C=C/C1=N[C@@H](C)C=CC=C1. The number of Topliss-reactive ketones (excluding diaryl/α,β-unsaturated/α-hetero) is 1. The van der Waals surface area contributed by atoms with Gasteiger partial charge in [-0.3, -0.25) is 9.79 Å². The number of allylic oxidation sites excluding steroid dienone is 7. The van der Waals surface area contributed by atoms with Crippen molar-refractivity contribution in [2.24, 2.45) is 4.99 Å². The molecular weight excluding hydrogens is 222 g/mol. The molecule has 0 N–H and O–H groups in total. The van der Waals surface area contributed by atoms with E-state index in [-0.39, 0.29) is 6.04 Å². The van der Waals surface area contributed by atoms with Crippen molar-refractivity contribution in [1.82, 2.24) is 0 Å². The van der Waals surface area contributed by atoms with Crippen molar-refractivity contribution in [1.29, 1.82) is 0 Å². The molecule has 1 aliphatic rings. The molecule has 1 heterocycles. The Hall–Kier alpha value is -1.70. The number of carbonyl (C=O) groups is 1. The fourth-order valence-electron chi connectivity index (χ4n) is 1.55. The van der Waals surface area contributed by atoms with Crippen molar-refractivity contribution in [2.45, 2.75) is 39.2 Å². The van der Waals surface area contributed by atoms with Crippen molar-refractivity contribution in [3.63, 3.8) is 0 Å². The number of hydrogen-bond acceptors (Lipinski definition) is 2.